The maximum absolute atomic E-state index is 12.8. The molecule has 198 valence electrons. The fourth-order valence-corrected chi connectivity index (χ4v) is 5.88. The van der Waals surface area contributed by atoms with E-state index in [-0.39, 0.29) is 11.8 Å². The Morgan fingerprint density at radius 3 is 2.56 bits per heavy atom. The topological polar surface area (TPSA) is 128 Å². The van der Waals surface area contributed by atoms with Crippen molar-refractivity contribution >= 4 is 39.3 Å². The van der Waals surface area contributed by atoms with Crippen LogP contribution in [0.4, 0.5) is 11.4 Å². The molecule has 39 heavy (non-hydrogen) atoms. The van der Waals surface area contributed by atoms with Gasteiger partial charge >= 0.3 is 0 Å². The highest BCUT2D eigenvalue weighted by molar-refractivity contribution is 5.95. The molecular formula is C29H31N9O. The predicted octanol–water partition coefficient (Wildman–Crippen LogP) is 5.47. The molecule has 0 spiro atoms. The Balaban J connectivity index is 1.20. The molecule has 2 aliphatic rings. The van der Waals surface area contributed by atoms with Crippen LogP contribution in [0.25, 0.3) is 44.8 Å². The molecule has 5 aromatic heterocycles. The van der Waals surface area contributed by atoms with Crippen LogP contribution in [0.3, 0.4) is 0 Å². The van der Waals surface area contributed by atoms with Crippen LogP contribution in [-0.4, -0.2) is 54.1 Å². The Kier molecular flexibility index (Phi) is 6.14. The number of carbonyl (C=O) groups is 1. The van der Waals surface area contributed by atoms with E-state index in [2.05, 4.69) is 35.4 Å². The zero-order chi connectivity index (χ0) is 26.2. The SMILES string of the molecule is O=C(Nc1cncc(-c2ccc3[nH]nc(-c4nc5c(N6CCCCC6)cncc5[nH]4)c3n2)c1)C1CCCCC1. The summed E-state index contributed by atoms with van der Waals surface area (Å²) < 4.78 is 0. The minimum absolute atomic E-state index is 0.0810. The summed E-state index contributed by atoms with van der Waals surface area (Å²) >= 11 is 0. The summed E-state index contributed by atoms with van der Waals surface area (Å²) in [4.78, 5) is 37.3. The van der Waals surface area contributed by atoms with Crippen molar-refractivity contribution in [3.63, 3.8) is 0 Å². The molecular weight excluding hydrogens is 490 g/mol. The first-order chi connectivity index (χ1) is 19.2. The minimum Gasteiger partial charge on any atom is -0.368 e. The number of fused-ring (bicyclic) bond motifs is 2. The lowest BCUT2D eigenvalue weighted by Gasteiger charge is -2.28. The molecule has 0 bridgehead atoms. The first kappa shape index (κ1) is 23.8. The summed E-state index contributed by atoms with van der Waals surface area (Å²) in [5, 5.41) is 10.7. The average Bonchev–Trinajstić information content (AvgIpc) is 3.62. The molecule has 3 N–H and O–H groups in total. The molecule has 0 radical (unpaired) electrons. The molecule has 6 heterocycles. The third kappa shape index (κ3) is 4.60. The van der Waals surface area contributed by atoms with Crippen LogP contribution in [0.5, 0.6) is 0 Å². The van der Waals surface area contributed by atoms with E-state index in [4.69, 9.17) is 9.97 Å². The number of nitrogens with zero attached hydrogens (tertiary/aromatic N) is 6. The average molecular weight is 522 g/mol. The monoisotopic (exact) mass is 521 g/mol. The Hall–Kier alpha value is -4.34. The van der Waals surface area contributed by atoms with Gasteiger partial charge in [0, 0.05) is 30.8 Å². The van der Waals surface area contributed by atoms with Crippen molar-refractivity contribution in [3.05, 3.63) is 43.0 Å². The van der Waals surface area contributed by atoms with E-state index >= 15 is 0 Å². The molecule has 2 fully saturated rings. The number of imidazole rings is 1. The Morgan fingerprint density at radius 2 is 1.69 bits per heavy atom. The van der Waals surface area contributed by atoms with E-state index in [1.165, 1.54) is 25.7 Å². The number of rotatable bonds is 5. The molecule has 0 atom stereocenters. The predicted molar refractivity (Wildman–Crippen MR) is 151 cm³/mol. The summed E-state index contributed by atoms with van der Waals surface area (Å²) in [6, 6.07) is 5.83. The first-order valence-electron chi connectivity index (χ1n) is 13.9. The molecule has 10 nitrogen and oxygen atoms in total. The van der Waals surface area contributed by atoms with E-state index in [9.17, 15) is 4.79 Å². The number of pyridine rings is 3. The van der Waals surface area contributed by atoms with Gasteiger partial charge in [0.05, 0.1) is 46.7 Å². The lowest BCUT2D eigenvalue weighted by Crippen LogP contribution is -2.29. The van der Waals surface area contributed by atoms with Crippen LogP contribution in [0.15, 0.2) is 43.0 Å². The second-order valence-corrected chi connectivity index (χ2v) is 10.6. The van der Waals surface area contributed by atoms with Crippen LogP contribution in [0.1, 0.15) is 51.4 Å². The van der Waals surface area contributed by atoms with Gasteiger partial charge in [-0.2, -0.15) is 5.10 Å². The number of aromatic nitrogens is 7. The van der Waals surface area contributed by atoms with Crippen molar-refractivity contribution in [3.8, 4) is 22.8 Å². The van der Waals surface area contributed by atoms with Crippen molar-refractivity contribution in [1.29, 1.82) is 0 Å². The third-order valence-electron chi connectivity index (χ3n) is 7.98. The summed E-state index contributed by atoms with van der Waals surface area (Å²) in [5.41, 5.74) is 7.29. The largest absolute Gasteiger partial charge is 0.368 e. The van der Waals surface area contributed by atoms with Gasteiger partial charge in [0.1, 0.15) is 11.0 Å². The number of nitrogens with one attached hydrogen (secondary N) is 3. The van der Waals surface area contributed by atoms with Crippen LogP contribution in [-0.2, 0) is 4.79 Å². The van der Waals surface area contributed by atoms with Gasteiger partial charge in [-0.25, -0.2) is 9.97 Å². The van der Waals surface area contributed by atoms with Gasteiger partial charge in [-0.1, -0.05) is 19.3 Å². The fourth-order valence-electron chi connectivity index (χ4n) is 5.88. The van der Waals surface area contributed by atoms with Crippen LogP contribution < -0.4 is 10.2 Å². The van der Waals surface area contributed by atoms with Gasteiger partial charge in [0.2, 0.25) is 5.91 Å². The number of piperidine rings is 1. The van der Waals surface area contributed by atoms with Crippen molar-refractivity contribution in [2.45, 2.75) is 51.4 Å². The molecule has 7 rings (SSSR count). The highest BCUT2D eigenvalue weighted by Gasteiger charge is 2.22. The van der Waals surface area contributed by atoms with Gasteiger partial charge in [-0.15, -0.1) is 0 Å². The lowest BCUT2D eigenvalue weighted by molar-refractivity contribution is -0.120. The zero-order valence-corrected chi connectivity index (χ0v) is 21.8. The normalized spacial score (nSPS) is 16.7. The van der Waals surface area contributed by atoms with Gasteiger partial charge in [-0.05, 0) is 50.3 Å². The Morgan fingerprint density at radius 1 is 0.872 bits per heavy atom. The summed E-state index contributed by atoms with van der Waals surface area (Å²) in [6.07, 6.45) is 16.2. The standard InChI is InChI=1S/C29H31N9O/c39-29(18-7-3-1-4-8-18)32-20-13-19(14-30-15-20)21-9-10-22-26(33-21)27(37-36-22)28-34-23-16-31-17-24(25(23)35-28)38-11-5-2-6-12-38/h9-10,13-18H,1-8,11-12H2,(H,32,39)(H,34,35)(H,36,37). The van der Waals surface area contributed by atoms with E-state index in [1.807, 2.05) is 30.6 Å². The molecule has 0 unspecified atom stereocenters. The van der Waals surface area contributed by atoms with Crippen molar-refractivity contribution in [2.75, 3.05) is 23.3 Å². The third-order valence-corrected chi connectivity index (χ3v) is 7.98. The molecule has 1 amide bonds. The second kappa shape index (κ2) is 10.1. The van der Waals surface area contributed by atoms with E-state index in [0.717, 1.165) is 77.8 Å². The molecule has 10 heteroatoms. The number of aromatic amines is 2. The van der Waals surface area contributed by atoms with Gasteiger partial charge in [-0.3, -0.25) is 19.9 Å². The smallest absolute Gasteiger partial charge is 0.227 e. The van der Waals surface area contributed by atoms with Crippen molar-refractivity contribution in [2.24, 2.45) is 5.92 Å². The molecule has 5 aromatic rings. The number of hydrogen-bond donors (Lipinski definition) is 3. The molecule has 1 aliphatic carbocycles. The van der Waals surface area contributed by atoms with Gasteiger partial charge in [0.25, 0.3) is 0 Å². The lowest BCUT2D eigenvalue weighted by atomic mass is 9.88. The summed E-state index contributed by atoms with van der Waals surface area (Å²) in [5.74, 6) is 0.816. The van der Waals surface area contributed by atoms with E-state index < -0.39 is 0 Å². The summed E-state index contributed by atoms with van der Waals surface area (Å²) in [7, 11) is 0. The second-order valence-electron chi connectivity index (χ2n) is 10.6. The Labute approximate surface area is 225 Å². The number of H-pyrrole nitrogens is 2. The van der Waals surface area contributed by atoms with Crippen molar-refractivity contribution in [1.82, 2.24) is 35.1 Å². The Bertz CT molecular complexity index is 1640. The highest BCUT2D eigenvalue weighted by atomic mass is 16.1. The maximum Gasteiger partial charge on any atom is 0.227 e. The highest BCUT2D eigenvalue weighted by Crippen LogP contribution is 2.32. The first-order valence-corrected chi connectivity index (χ1v) is 13.9. The molecule has 1 saturated carbocycles. The van der Waals surface area contributed by atoms with Crippen LogP contribution in [0.2, 0.25) is 0 Å². The number of hydrogen-bond acceptors (Lipinski definition) is 7. The minimum atomic E-state index is 0.0810. The maximum atomic E-state index is 12.8. The van der Waals surface area contributed by atoms with Crippen molar-refractivity contribution < 1.29 is 4.79 Å². The zero-order valence-electron chi connectivity index (χ0n) is 21.8. The van der Waals surface area contributed by atoms with E-state index in [1.54, 1.807) is 12.4 Å². The molecule has 1 aliphatic heterocycles. The number of carbonyl (C=O) groups excluding carboxylic acids is 1. The molecule has 0 aromatic carbocycles. The summed E-state index contributed by atoms with van der Waals surface area (Å²) in [6.45, 7) is 2.04. The van der Waals surface area contributed by atoms with Gasteiger partial charge in [0.15, 0.2) is 11.5 Å². The molecule has 1 saturated heterocycles. The fraction of sp³-hybridized carbons (Fsp3) is 0.379. The number of amides is 1. The van der Waals surface area contributed by atoms with E-state index in [0.29, 0.717) is 17.2 Å². The van der Waals surface area contributed by atoms with Crippen LogP contribution >= 0.6 is 0 Å². The number of anilines is 2. The van der Waals surface area contributed by atoms with Crippen LogP contribution in [0, 0.1) is 5.92 Å². The quantitative estimate of drug-likeness (QED) is 0.280. The van der Waals surface area contributed by atoms with Gasteiger partial charge < -0.3 is 15.2 Å².